The number of carbonyl (C=O) groups is 3. The number of amides is 3. The second kappa shape index (κ2) is 11.7. The van der Waals surface area contributed by atoms with Gasteiger partial charge >= 0.3 is 0 Å². The lowest BCUT2D eigenvalue weighted by Crippen LogP contribution is -2.42. The van der Waals surface area contributed by atoms with E-state index in [0.717, 1.165) is 11.1 Å². The van der Waals surface area contributed by atoms with Gasteiger partial charge in [0.2, 0.25) is 11.8 Å². The molecule has 39 heavy (non-hydrogen) atoms. The zero-order valence-electron chi connectivity index (χ0n) is 21.8. The first-order valence-corrected chi connectivity index (χ1v) is 13.8. The molecule has 9 heteroatoms. The number of nitrogens with one attached hydrogen (secondary N) is 2. The van der Waals surface area contributed by atoms with Gasteiger partial charge in [-0.3, -0.25) is 19.4 Å². The van der Waals surface area contributed by atoms with Crippen molar-refractivity contribution in [1.29, 1.82) is 0 Å². The summed E-state index contributed by atoms with van der Waals surface area (Å²) in [7, 11) is 0. The van der Waals surface area contributed by atoms with Gasteiger partial charge in [-0.2, -0.15) is 0 Å². The molecule has 3 aromatic rings. The summed E-state index contributed by atoms with van der Waals surface area (Å²) >= 11 is 1.17. The lowest BCUT2D eigenvalue weighted by atomic mass is 10.0. The van der Waals surface area contributed by atoms with Crippen LogP contribution in [0, 0.1) is 0 Å². The van der Waals surface area contributed by atoms with Crippen molar-refractivity contribution in [2.75, 3.05) is 11.1 Å². The number of hydrogen-bond acceptors (Lipinski definition) is 6. The topological polar surface area (TPSA) is 103 Å². The van der Waals surface area contributed by atoms with Crippen molar-refractivity contribution in [1.82, 2.24) is 10.2 Å². The predicted molar refractivity (Wildman–Crippen MR) is 155 cm³/mol. The Hall–Kier alpha value is -4.24. The van der Waals surface area contributed by atoms with Gasteiger partial charge < -0.3 is 10.6 Å². The van der Waals surface area contributed by atoms with Crippen molar-refractivity contribution in [3.05, 3.63) is 95.6 Å². The minimum atomic E-state index is -0.860. The second-order valence-electron chi connectivity index (χ2n) is 9.63. The molecule has 0 fully saturated rings. The van der Waals surface area contributed by atoms with Gasteiger partial charge in [0.1, 0.15) is 11.9 Å². The lowest BCUT2D eigenvalue weighted by molar-refractivity contribution is -0.128. The first-order valence-electron chi connectivity index (χ1n) is 12.8. The molecule has 0 radical (unpaired) electrons. The lowest BCUT2D eigenvalue weighted by Gasteiger charge is -2.25. The summed E-state index contributed by atoms with van der Waals surface area (Å²) in [5.74, 6) is 0.130. The molecule has 0 unspecified atom stereocenters. The monoisotopic (exact) mass is 539 g/mol. The average Bonchev–Trinajstić information content (AvgIpc) is 3.27. The standard InChI is InChI=1S/C30H29N5O3S/c1-19(2)21-12-14-22(15-13-21)32-27(37)18-39-30-34-24-11-7-6-10-23(24)28-33-25(29(38)35(28)30)16-26(36)31-17-20-8-4-3-5-9-20/h3-15,19,25H,16-18H2,1-2H3,(H,31,36)(H,32,37)/t25-/m1/s1. The summed E-state index contributed by atoms with van der Waals surface area (Å²) in [5.41, 5.74) is 4.27. The van der Waals surface area contributed by atoms with E-state index in [2.05, 4.69) is 34.5 Å². The molecule has 0 saturated heterocycles. The summed E-state index contributed by atoms with van der Waals surface area (Å²) in [5, 5.41) is 6.13. The molecule has 0 aliphatic carbocycles. The van der Waals surface area contributed by atoms with Crippen molar-refractivity contribution in [3.63, 3.8) is 0 Å². The minimum absolute atomic E-state index is 0.0617. The van der Waals surface area contributed by atoms with Crippen LogP contribution in [0.3, 0.4) is 0 Å². The number of hydrogen-bond donors (Lipinski definition) is 2. The van der Waals surface area contributed by atoms with Gasteiger partial charge in [-0.15, -0.1) is 0 Å². The molecular weight excluding hydrogens is 510 g/mol. The Kier molecular flexibility index (Phi) is 7.88. The molecule has 0 saturated carbocycles. The molecule has 198 valence electrons. The third-order valence-corrected chi connectivity index (χ3v) is 7.39. The molecule has 2 aliphatic heterocycles. The number of carbonyl (C=O) groups excluding carboxylic acids is 3. The van der Waals surface area contributed by atoms with Crippen LogP contribution < -0.4 is 10.6 Å². The molecule has 5 rings (SSSR count). The van der Waals surface area contributed by atoms with Crippen molar-refractivity contribution >= 4 is 51.9 Å². The highest BCUT2D eigenvalue weighted by Crippen LogP contribution is 2.34. The van der Waals surface area contributed by atoms with Gasteiger partial charge in [-0.05, 0) is 41.3 Å². The van der Waals surface area contributed by atoms with Gasteiger partial charge in [-0.1, -0.05) is 80.2 Å². The highest BCUT2D eigenvalue weighted by atomic mass is 32.2. The summed E-state index contributed by atoms with van der Waals surface area (Å²) in [4.78, 5) is 49.5. The highest BCUT2D eigenvalue weighted by molar-refractivity contribution is 8.14. The minimum Gasteiger partial charge on any atom is -0.352 e. The van der Waals surface area contributed by atoms with E-state index >= 15 is 0 Å². The van der Waals surface area contributed by atoms with E-state index in [0.29, 0.717) is 34.8 Å². The summed E-state index contributed by atoms with van der Waals surface area (Å²) in [6, 6.07) is 23.9. The molecule has 3 amide bonds. The van der Waals surface area contributed by atoms with Crippen LogP contribution in [0.4, 0.5) is 11.4 Å². The number of aliphatic imine (C=N–C) groups is 2. The molecular formula is C30H29N5O3S. The van der Waals surface area contributed by atoms with Gasteiger partial charge in [0.25, 0.3) is 5.91 Å². The molecule has 0 aromatic heterocycles. The molecule has 2 heterocycles. The Morgan fingerprint density at radius 2 is 1.67 bits per heavy atom. The maximum Gasteiger partial charge on any atom is 0.259 e. The van der Waals surface area contributed by atoms with Crippen LogP contribution in [-0.2, 0) is 20.9 Å². The molecule has 8 nitrogen and oxygen atoms in total. The van der Waals surface area contributed by atoms with E-state index in [-0.39, 0.29) is 29.9 Å². The Morgan fingerprint density at radius 3 is 2.41 bits per heavy atom. The molecule has 2 aliphatic rings. The van der Waals surface area contributed by atoms with Crippen LogP contribution in [0.5, 0.6) is 0 Å². The second-order valence-corrected chi connectivity index (χ2v) is 10.6. The molecule has 0 spiro atoms. The fraction of sp³-hybridized carbons (Fsp3) is 0.233. The van der Waals surface area contributed by atoms with Crippen molar-refractivity contribution in [2.45, 2.75) is 38.8 Å². The van der Waals surface area contributed by atoms with Crippen LogP contribution in [0.1, 0.15) is 42.9 Å². The highest BCUT2D eigenvalue weighted by Gasteiger charge is 2.42. The van der Waals surface area contributed by atoms with Crippen LogP contribution in [0.25, 0.3) is 0 Å². The molecule has 2 N–H and O–H groups in total. The normalized spacial score (nSPS) is 15.8. The molecule has 1 atom stereocenters. The number of fused-ring (bicyclic) bond motifs is 3. The Labute approximate surface area is 231 Å². The number of rotatable bonds is 8. The SMILES string of the molecule is CC(C)c1ccc(NC(=O)CSC2=Nc3ccccc3C3=N[C@H](CC(=O)NCc4ccccc4)C(=O)N23)cc1. The number of thioether (sulfide) groups is 1. The first-order chi connectivity index (χ1) is 18.9. The van der Waals surface area contributed by atoms with Gasteiger partial charge in [0.15, 0.2) is 5.17 Å². The largest absolute Gasteiger partial charge is 0.352 e. The average molecular weight is 540 g/mol. The third-order valence-electron chi connectivity index (χ3n) is 6.45. The number of amidine groups is 2. The molecule has 3 aromatic carbocycles. The first kappa shape index (κ1) is 26.4. The van der Waals surface area contributed by atoms with Crippen LogP contribution in [0.2, 0.25) is 0 Å². The van der Waals surface area contributed by atoms with Gasteiger partial charge in [0, 0.05) is 17.8 Å². The zero-order chi connectivity index (χ0) is 27.4. The smallest absolute Gasteiger partial charge is 0.259 e. The van der Waals surface area contributed by atoms with Crippen LogP contribution in [0.15, 0.2) is 88.8 Å². The van der Waals surface area contributed by atoms with Crippen molar-refractivity contribution in [2.24, 2.45) is 9.98 Å². The van der Waals surface area contributed by atoms with Gasteiger partial charge in [0.05, 0.1) is 17.9 Å². The van der Waals surface area contributed by atoms with E-state index < -0.39 is 6.04 Å². The fourth-order valence-corrected chi connectivity index (χ4v) is 5.16. The summed E-state index contributed by atoms with van der Waals surface area (Å²) in [6.45, 7) is 4.61. The van der Waals surface area contributed by atoms with Crippen LogP contribution >= 0.6 is 11.8 Å². The van der Waals surface area contributed by atoms with E-state index in [9.17, 15) is 14.4 Å². The number of benzene rings is 3. The van der Waals surface area contributed by atoms with E-state index in [1.807, 2.05) is 78.9 Å². The Bertz CT molecular complexity index is 1450. The quantitative estimate of drug-likeness (QED) is 0.427. The summed E-state index contributed by atoms with van der Waals surface area (Å²) < 4.78 is 0. The predicted octanol–water partition coefficient (Wildman–Crippen LogP) is 4.85. The number of para-hydroxylation sites is 1. The maximum atomic E-state index is 13.4. The van der Waals surface area contributed by atoms with Crippen molar-refractivity contribution < 1.29 is 14.4 Å². The van der Waals surface area contributed by atoms with Crippen molar-refractivity contribution in [3.8, 4) is 0 Å². The van der Waals surface area contributed by atoms with Gasteiger partial charge in [-0.25, -0.2) is 9.89 Å². The van der Waals surface area contributed by atoms with E-state index in [1.165, 1.54) is 22.2 Å². The third kappa shape index (κ3) is 6.09. The summed E-state index contributed by atoms with van der Waals surface area (Å²) in [6.07, 6.45) is -0.0708. The Morgan fingerprint density at radius 1 is 0.949 bits per heavy atom. The maximum absolute atomic E-state index is 13.4. The van der Waals surface area contributed by atoms with E-state index in [1.54, 1.807) is 0 Å². The zero-order valence-corrected chi connectivity index (χ0v) is 22.6. The Balaban J connectivity index is 1.26. The molecule has 0 bridgehead atoms. The number of nitrogens with zero attached hydrogens (tertiary/aromatic N) is 3. The van der Waals surface area contributed by atoms with E-state index in [4.69, 9.17) is 0 Å². The van der Waals surface area contributed by atoms with Crippen LogP contribution in [-0.4, -0.2) is 45.4 Å². The number of anilines is 1. The fourth-order valence-electron chi connectivity index (χ4n) is 4.35.